The minimum atomic E-state index is -4.34. The summed E-state index contributed by atoms with van der Waals surface area (Å²) < 4.78 is 83.4. The fourth-order valence-corrected chi connectivity index (χ4v) is 7.25. The zero-order chi connectivity index (χ0) is 26.5. The van der Waals surface area contributed by atoms with Crippen molar-refractivity contribution in [1.29, 1.82) is 0 Å². The number of nitrogens with zero attached hydrogens (tertiary/aromatic N) is 4. The van der Waals surface area contributed by atoms with Crippen molar-refractivity contribution in [2.24, 2.45) is 5.92 Å². The molecule has 1 aliphatic carbocycles. The Morgan fingerprint density at radius 2 is 1.81 bits per heavy atom. The molecule has 1 aromatic heterocycles. The summed E-state index contributed by atoms with van der Waals surface area (Å²) in [5.74, 6) is -1.90. The van der Waals surface area contributed by atoms with Crippen molar-refractivity contribution >= 4 is 20.9 Å². The molecule has 2 heterocycles. The summed E-state index contributed by atoms with van der Waals surface area (Å²) >= 11 is 0. The highest BCUT2D eigenvalue weighted by atomic mass is 32.2. The van der Waals surface area contributed by atoms with Gasteiger partial charge in [0.05, 0.1) is 28.6 Å². The van der Waals surface area contributed by atoms with Crippen molar-refractivity contribution in [1.82, 2.24) is 19.0 Å². The molecule has 0 radical (unpaired) electrons. The van der Waals surface area contributed by atoms with Crippen molar-refractivity contribution < 1.29 is 26.0 Å². The molecule has 2 atom stereocenters. The molecule has 200 valence electrons. The lowest BCUT2D eigenvalue weighted by Crippen LogP contribution is -2.54. The van der Waals surface area contributed by atoms with E-state index >= 15 is 0 Å². The number of aryl methyl sites for hydroxylation is 1. The summed E-state index contributed by atoms with van der Waals surface area (Å²) in [6.45, 7) is 3.35. The first-order chi connectivity index (χ1) is 17.4. The predicted molar refractivity (Wildman–Crippen MR) is 133 cm³/mol. The summed E-state index contributed by atoms with van der Waals surface area (Å²) in [6, 6.07) is 9.22. The van der Waals surface area contributed by atoms with Gasteiger partial charge in [0.15, 0.2) is 0 Å². The molecule has 1 aliphatic heterocycles. The Bertz CT molecular complexity index is 1380. The van der Waals surface area contributed by atoms with Crippen LogP contribution in [0.3, 0.4) is 0 Å². The molecule has 1 saturated carbocycles. The Kier molecular flexibility index (Phi) is 6.82. The molecule has 11 heteroatoms. The van der Waals surface area contributed by atoms with Crippen molar-refractivity contribution in [2.45, 2.75) is 50.6 Å². The van der Waals surface area contributed by atoms with Crippen molar-refractivity contribution in [2.75, 3.05) is 26.2 Å². The van der Waals surface area contributed by atoms with Crippen LogP contribution >= 0.6 is 0 Å². The van der Waals surface area contributed by atoms with E-state index in [2.05, 4.69) is 5.10 Å². The van der Waals surface area contributed by atoms with Crippen molar-refractivity contribution in [3.8, 4) is 5.69 Å². The van der Waals surface area contributed by atoms with Crippen LogP contribution in [0.25, 0.3) is 16.6 Å². The molecule has 0 bridgehead atoms. The summed E-state index contributed by atoms with van der Waals surface area (Å²) in [4.78, 5) is 1.77. The monoisotopic (exact) mass is 538 g/mol. The molecule has 0 N–H and O–H groups in total. The summed E-state index contributed by atoms with van der Waals surface area (Å²) in [5, 5.41) is 4.82. The maximum atomic E-state index is 13.5. The third-order valence-corrected chi connectivity index (χ3v) is 10.1. The number of fused-ring (bicyclic) bond motifs is 1. The highest BCUT2D eigenvalue weighted by Crippen LogP contribution is 2.37. The van der Waals surface area contributed by atoms with E-state index < -0.39 is 33.4 Å². The number of benzene rings is 2. The first kappa shape index (κ1) is 26.1. The van der Waals surface area contributed by atoms with E-state index in [9.17, 15) is 26.0 Å². The highest BCUT2D eigenvalue weighted by molar-refractivity contribution is 7.89. The van der Waals surface area contributed by atoms with Gasteiger partial charge in [0.25, 0.3) is 0 Å². The van der Waals surface area contributed by atoms with Crippen LogP contribution in [0, 0.1) is 18.7 Å². The Hall–Kier alpha value is -2.50. The molecule has 6 nitrogen and oxygen atoms in total. The standard InChI is InChI=1S/C26H30F4N4O2S/c1-17-12-24-19(14-31-34(24)21-8-6-20(27)7-9-21)13-23(17)25-16-33(37(35,36)22-4-3-5-22)11-10-32(25)15-18(2)26(28,29)30/h6-9,12-14,18,22,25H,3-5,10-11,15-16H2,1-2H3. The molecule has 0 amide bonds. The minimum absolute atomic E-state index is 0.113. The normalized spacial score (nSPS) is 21.3. The topological polar surface area (TPSA) is 58.4 Å². The quantitative estimate of drug-likeness (QED) is 0.404. The molecule has 1 saturated heterocycles. The molecule has 3 aromatic rings. The number of alkyl halides is 3. The van der Waals surface area contributed by atoms with E-state index in [1.54, 1.807) is 27.9 Å². The van der Waals surface area contributed by atoms with E-state index in [1.807, 2.05) is 19.1 Å². The van der Waals surface area contributed by atoms with Crippen LogP contribution < -0.4 is 0 Å². The molecule has 2 unspecified atom stereocenters. The molecule has 37 heavy (non-hydrogen) atoms. The minimum Gasteiger partial charge on any atom is -0.293 e. The van der Waals surface area contributed by atoms with Crippen LogP contribution in [0.15, 0.2) is 42.6 Å². The number of hydrogen-bond acceptors (Lipinski definition) is 4. The zero-order valence-corrected chi connectivity index (χ0v) is 21.6. The van der Waals surface area contributed by atoms with Gasteiger partial charge in [-0.2, -0.15) is 22.6 Å². The van der Waals surface area contributed by atoms with Gasteiger partial charge in [-0.15, -0.1) is 0 Å². The Morgan fingerprint density at radius 1 is 1.11 bits per heavy atom. The van der Waals surface area contributed by atoms with Crippen LogP contribution in [-0.4, -0.2) is 65.0 Å². The zero-order valence-electron chi connectivity index (χ0n) is 20.7. The smallest absolute Gasteiger partial charge is 0.293 e. The number of sulfonamides is 1. The first-order valence-electron chi connectivity index (χ1n) is 12.5. The number of rotatable bonds is 6. The lowest BCUT2D eigenvalue weighted by molar-refractivity contribution is -0.176. The summed E-state index contributed by atoms with van der Waals surface area (Å²) in [7, 11) is -3.50. The van der Waals surface area contributed by atoms with Gasteiger partial charge < -0.3 is 0 Å². The van der Waals surface area contributed by atoms with Gasteiger partial charge in [0.1, 0.15) is 5.82 Å². The van der Waals surface area contributed by atoms with E-state index in [1.165, 1.54) is 16.4 Å². The number of piperazine rings is 1. The molecule has 5 rings (SSSR count). The van der Waals surface area contributed by atoms with E-state index in [0.717, 1.165) is 35.4 Å². The number of halogens is 4. The van der Waals surface area contributed by atoms with Crippen molar-refractivity contribution in [3.05, 3.63) is 59.5 Å². The molecule has 2 aromatic carbocycles. The third-order valence-electron chi connectivity index (χ3n) is 7.74. The SMILES string of the molecule is Cc1cc2c(cnn2-c2ccc(F)cc2)cc1C1CN(S(=O)(=O)C2CCC2)CCN1CC(C)C(F)(F)F. The second-order valence-electron chi connectivity index (χ2n) is 10.2. The molecule has 2 fully saturated rings. The highest BCUT2D eigenvalue weighted by Gasteiger charge is 2.43. The van der Waals surface area contributed by atoms with Gasteiger partial charge in [0, 0.05) is 37.6 Å². The average Bonchev–Trinajstić information content (AvgIpc) is 3.19. The first-order valence-corrected chi connectivity index (χ1v) is 14.0. The maximum Gasteiger partial charge on any atom is 0.392 e. The van der Waals surface area contributed by atoms with Crippen LogP contribution in [0.5, 0.6) is 0 Å². The average molecular weight is 539 g/mol. The Labute approximate surface area is 213 Å². The van der Waals surface area contributed by atoms with Crippen molar-refractivity contribution in [3.63, 3.8) is 0 Å². The largest absolute Gasteiger partial charge is 0.392 e. The fourth-order valence-electron chi connectivity index (χ4n) is 5.22. The fraction of sp³-hybridized carbons (Fsp3) is 0.500. The number of aromatic nitrogens is 2. The lowest BCUT2D eigenvalue weighted by Gasteiger charge is -2.44. The maximum absolute atomic E-state index is 13.5. The van der Waals surface area contributed by atoms with Gasteiger partial charge in [-0.1, -0.05) is 13.3 Å². The third kappa shape index (κ3) is 5.00. The van der Waals surface area contributed by atoms with E-state index in [-0.39, 0.29) is 32.0 Å². The van der Waals surface area contributed by atoms with Crippen LogP contribution in [-0.2, 0) is 10.0 Å². The summed E-state index contributed by atoms with van der Waals surface area (Å²) in [5.41, 5.74) is 3.07. The second-order valence-corrected chi connectivity index (χ2v) is 12.4. The molecule has 0 spiro atoms. The van der Waals surface area contributed by atoms with Crippen LogP contribution in [0.2, 0.25) is 0 Å². The predicted octanol–water partition coefficient (Wildman–Crippen LogP) is 5.21. The summed E-state index contributed by atoms with van der Waals surface area (Å²) in [6.07, 6.45) is -0.535. The number of hydrogen-bond donors (Lipinski definition) is 0. The lowest BCUT2D eigenvalue weighted by atomic mass is 9.95. The van der Waals surface area contributed by atoms with E-state index in [4.69, 9.17) is 0 Å². The van der Waals surface area contributed by atoms with Gasteiger partial charge >= 0.3 is 6.18 Å². The van der Waals surface area contributed by atoms with Gasteiger partial charge in [-0.25, -0.2) is 17.5 Å². The van der Waals surface area contributed by atoms with Crippen LogP contribution in [0.1, 0.15) is 43.4 Å². The van der Waals surface area contributed by atoms with Gasteiger partial charge in [0.2, 0.25) is 10.0 Å². The molecular weight excluding hydrogens is 508 g/mol. The Morgan fingerprint density at radius 3 is 2.43 bits per heavy atom. The Balaban J connectivity index is 1.52. The second kappa shape index (κ2) is 9.67. The van der Waals surface area contributed by atoms with E-state index in [0.29, 0.717) is 18.5 Å². The molecular formula is C26H30F4N4O2S. The van der Waals surface area contributed by atoms with Gasteiger partial charge in [-0.05, 0) is 67.3 Å². The van der Waals surface area contributed by atoms with Gasteiger partial charge in [-0.3, -0.25) is 4.90 Å². The molecule has 2 aliphatic rings. The van der Waals surface area contributed by atoms with Crippen LogP contribution in [0.4, 0.5) is 17.6 Å².